The van der Waals surface area contributed by atoms with Gasteiger partial charge in [-0.2, -0.15) is 13.2 Å². The molecule has 2 nitrogen and oxygen atoms in total. The van der Waals surface area contributed by atoms with Gasteiger partial charge < -0.3 is 10.1 Å². The molecule has 1 aliphatic heterocycles. The van der Waals surface area contributed by atoms with Crippen molar-refractivity contribution < 1.29 is 17.9 Å². The molecular weight excluding hydrogens is 275 g/mol. The van der Waals surface area contributed by atoms with E-state index in [2.05, 4.69) is 5.32 Å². The molecule has 0 spiro atoms. The average molecular weight is 291 g/mol. The summed E-state index contributed by atoms with van der Waals surface area (Å²) < 4.78 is 42.4. The van der Waals surface area contributed by atoms with Gasteiger partial charge in [0.15, 0.2) is 0 Å². The van der Waals surface area contributed by atoms with Gasteiger partial charge in [-0.3, -0.25) is 0 Å². The maximum Gasteiger partial charge on any atom is 0.446 e. The number of nitrogens with one attached hydrogen (secondary N) is 1. The van der Waals surface area contributed by atoms with E-state index in [1.165, 1.54) is 12.1 Å². The minimum atomic E-state index is -4.24. The fourth-order valence-electron chi connectivity index (χ4n) is 2.33. The molecule has 1 aliphatic rings. The quantitative estimate of drug-likeness (QED) is 0.857. The molecule has 0 bridgehead atoms. The molecule has 1 aromatic rings. The second kappa shape index (κ2) is 6.15. The summed E-state index contributed by atoms with van der Waals surface area (Å²) in [6.45, 7) is 1.56. The number of benzene rings is 1. The Morgan fingerprint density at radius 2 is 2.00 bits per heavy atom. The number of ether oxygens (including phenoxy) is 1. The van der Waals surface area contributed by atoms with E-state index in [0.717, 1.165) is 18.5 Å². The molecule has 0 radical (unpaired) electrons. The molecule has 1 fully saturated rings. The van der Waals surface area contributed by atoms with Gasteiger partial charge >= 0.3 is 5.51 Å². The van der Waals surface area contributed by atoms with Crippen molar-refractivity contribution in [1.82, 2.24) is 5.32 Å². The topological polar surface area (TPSA) is 21.3 Å². The third-order valence-corrected chi connectivity index (χ3v) is 3.86. The number of halogens is 3. The summed E-state index contributed by atoms with van der Waals surface area (Å²) in [6.07, 6.45) is 0.960. The summed E-state index contributed by atoms with van der Waals surface area (Å²) in [7, 11) is 1.89. The van der Waals surface area contributed by atoms with E-state index >= 15 is 0 Å². The van der Waals surface area contributed by atoms with Crippen molar-refractivity contribution in [2.24, 2.45) is 5.92 Å². The number of hydrogen-bond acceptors (Lipinski definition) is 3. The smallest absolute Gasteiger partial charge is 0.373 e. The SMILES string of the molecule is CNCC1CCOC1c1ccc(SC(F)(F)F)cc1. The van der Waals surface area contributed by atoms with Crippen molar-refractivity contribution in [3.63, 3.8) is 0 Å². The highest BCUT2D eigenvalue weighted by molar-refractivity contribution is 8.00. The normalized spacial score (nSPS) is 23.8. The summed E-state index contributed by atoms with van der Waals surface area (Å²) in [5.41, 5.74) is -3.29. The van der Waals surface area contributed by atoms with Crippen molar-refractivity contribution in [1.29, 1.82) is 0 Å². The molecule has 0 aliphatic carbocycles. The van der Waals surface area contributed by atoms with Gasteiger partial charge in [-0.25, -0.2) is 0 Å². The molecule has 1 aromatic carbocycles. The lowest BCUT2D eigenvalue weighted by molar-refractivity contribution is -0.0328. The third-order valence-electron chi connectivity index (χ3n) is 3.12. The van der Waals surface area contributed by atoms with Crippen LogP contribution in [0.25, 0.3) is 0 Å². The van der Waals surface area contributed by atoms with E-state index in [1.807, 2.05) is 7.05 Å². The van der Waals surface area contributed by atoms with Gasteiger partial charge in [0.1, 0.15) is 0 Å². The van der Waals surface area contributed by atoms with E-state index in [0.29, 0.717) is 12.5 Å². The van der Waals surface area contributed by atoms with Crippen LogP contribution in [0.2, 0.25) is 0 Å². The monoisotopic (exact) mass is 291 g/mol. The highest BCUT2D eigenvalue weighted by atomic mass is 32.2. The van der Waals surface area contributed by atoms with Crippen molar-refractivity contribution in [3.05, 3.63) is 29.8 Å². The van der Waals surface area contributed by atoms with Crippen LogP contribution >= 0.6 is 11.8 Å². The largest absolute Gasteiger partial charge is 0.446 e. The number of alkyl halides is 3. The Kier molecular flexibility index (Phi) is 4.76. The number of thioether (sulfide) groups is 1. The van der Waals surface area contributed by atoms with Crippen LogP contribution in [0.3, 0.4) is 0 Å². The van der Waals surface area contributed by atoms with E-state index < -0.39 is 5.51 Å². The van der Waals surface area contributed by atoms with Gasteiger partial charge in [-0.15, -0.1) is 0 Å². The zero-order valence-electron chi connectivity index (χ0n) is 10.5. The van der Waals surface area contributed by atoms with Gasteiger partial charge in [0, 0.05) is 24.0 Å². The minimum Gasteiger partial charge on any atom is -0.373 e. The maximum absolute atomic E-state index is 12.2. The van der Waals surface area contributed by atoms with Crippen LogP contribution in [-0.2, 0) is 4.74 Å². The second-order valence-electron chi connectivity index (χ2n) is 4.51. The molecular formula is C13H16F3NOS. The summed E-state index contributed by atoms with van der Waals surface area (Å²) >= 11 is -0.0901. The Balaban J connectivity index is 2.05. The predicted molar refractivity (Wildman–Crippen MR) is 69.1 cm³/mol. The molecule has 0 saturated carbocycles. The highest BCUT2D eigenvalue weighted by Crippen LogP contribution is 2.39. The van der Waals surface area contributed by atoms with Crippen LogP contribution in [0.1, 0.15) is 18.1 Å². The first kappa shape index (κ1) is 14.7. The molecule has 19 heavy (non-hydrogen) atoms. The second-order valence-corrected chi connectivity index (χ2v) is 5.65. The molecule has 1 saturated heterocycles. The predicted octanol–water partition coefficient (Wildman–Crippen LogP) is 3.60. The van der Waals surface area contributed by atoms with Crippen molar-refractivity contribution in [3.8, 4) is 0 Å². The van der Waals surface area contributed by atoms with Gasteiger partial charge in [-0.05, 0) is 42.9 Å². The first-order chi connectivity index (χ1) is 8.99. The lowest BCUT2D eigenvalue weighted by Crippen LogP contribution is -2.21. The van der Waals surface area contributed by atoms with Crippen LogP contribution in [-0.4, -0.2) is 25.7 Å². The molecule has 6 heteroatoms. The summed E-state index contributed by atoms with van der Waals surface area (Å²) in [6, 6.07) is 6.47. The summed E-state index contributed by atoms with van der Waals surface area (Å²) in [4.78, 5) is 0.208. The standard InChI is InChI=1S/C13H16F3NOS/c1-17-8-10-6-7-18-12(10)9-2-4-11(5-3-9)19-13(14,15)16/h2-5,10,12,17H,6-8H2,1H3. The first-order valence-electron chi connectivity index (χ1n) is 6.11. The highest BCUT2D eigenvalue weighted by Gasteiger charge is 2.31. The molecule has 0 amide bonds. The Labute approximate surface area is 114 Å². The zero-order chi connectivity index (χ0) is 13.9. The Morgan fingerprint density at radius 3 is 2.58 bits per heavy atom. The minimum absolute atomic E-state index is 0.0163. The third kappa shape index (κ3) is 4.12. The summed E-state index contributed by atoms with van der Waals surface area (Å²) in [5.74, 6) is 0.381. The van der Waals surface area contributed by atoms with Crippen molar-refractivity contribution >= 4 is 11.8 Å². The number of hydrogen-bond donors (Lipinski definition) is 1. The fourth-order valence-corrected chi connectivity index (χ4v) is 2.87. The van der Waals surface area contributed by atoms with Crippen molar-refractivity contribution in [2.45, 2.75) is 22.9 Å². The van der Waals surface area contributed by atoms with Crippen LogP contribution in [0.5, 0.6) is 0 Å². The van der Waals surface area contributed by atoms with Crippen LogP contribution < -0.4 is 5.32 Å². The molecule has 106 valence electrons. The fraction of sp³-hybridized carbons (Fsp3) is 0.538. The average Bonchev–Trinajstić information content (AvgIpc) is 2.77. The molecule has 1 N–H and O–H groups in total. The van der Waals surface area contributed by atoms with Crippen LogP contribution in [0.4, 0.5) is 13.2 Å². The Bertz CT molecular complexity index is 407. The molecule has 2 atom stereocenters. The Hall–Kier alpha value is -0.720. The van der Waals surface area contributed by atoms with Gasteiger partial charge in [0.25, 0.3) is 0 Å². The summed E-state index contributed by atoms with van der Waals surface area (Å²) in [5, 5.41) is 3.12. The molecule has 2 rings (SSSR count). The zero-order valence-corrected chi connectivity index (χ0v) is 11.4. The van der Waals surface area contributed by atoms with E-state index in [1.54, 1.807) is 12.1 Å². The molecule has 0 aromatic heterocycles. The van der Waals surface area contributed by atoms with Crippen LogP contribution in [0.15, 0.2) is 29.2 Å². The Morgan fingerprint density at radius 1 is 1.32 bits per heavy atom. The van der Waals surface area contributed by atoms with Crippen LogP contribution in [0, 0.1) is 5.92 Å². The maximum atomic E-state index is 12.2. The van der Waals surface area contributed by atoms with E-state index in [4.69, 9.17) is 4.74 Å². The number of rotatable bonds is 4. The lowest BCUT2D eigenvalue weighted by Gasteiger charge is -2.18. The molecule has 2 unspecified atom stereocenters. The molecule has 1 heterocycles. The van der Waals surface area contributed by atoms with Gasteiger partial charge in [0.2, 0.25) is 0 Å². The van der Waals surface area contributed by atoms with Gasteiger partial charge in [0.05, 0.1) is 6.10 Å². The van der Waals surface area contributed by atoms with E-state index in [9.17, 15) is 13.2 Å². The van der Waals surface area contributed by atoms with Crippen molar-refractivity contribution in [2.75, 3.05) is 20.2 Å². The first-order valence-corrected chi connectivity index (χ1v) is 6.93. The van der Waals surface area contributed by atoms with E-state index in [-0.39, 0.29) is 22.8 Å². The lowest BCUT2D eigenvalue weighted by atomic mass is 9.95. The van der Waals surface area contributed by atoms with Gasteiger partial charge in [-0.1, -0.05) is 12.1 Å².